The van der Waals surface area contributed by atoms with Crippen molar-refractivity contribution in [2.45, 2.75) is 32.9 Å². The lowest BCUT2D eigenvalue weighted by Crippen LogP contribution is -2.44. The van der Waals surface area contributed by atoms with Crippen molar-refractivity contribution in [1.29, 1.82) is 0 Å². The van der Waals surface area contributed by atoms with Crippen molar-refractivity contribution >= 4 is 40.8 Å². The number of nitrogens with zero attached hydrogens (tertiary/aromatic N) is 2. The van der Waals surface area contributed by atoms with E-state index in [1.165, 1.54) is 10.9 Å². The number of hydrogen-bond donors (Lipinski definition) is 3. The van der Waals surface area contributed by atoms with Crippen LogP contribution in [-0.2, 0) is 6.54 Å². The van der Waals surface area contributed by atoms with Crippen LogP contribution in [0.25, 0.3) is 10.9 Å². The van der Waals surface area contributed by atoms with Crippen LogP contribution in [0.3, 0.4) is 0 Å². The second-order valence-corrected chi connectivity index (χ2v) is 6.52. The maximum absolute atomic E-state index is 4.39. The highest BCUT2D eigenvalue weighted by Crippen LogP contribution is 2.15. The van der Waals surface area contributed by atoms with Crippen LogP contribution in [0.5, 0.6) is 0 Å². The molecule has 1 aromatic heterocycles. The van der Waals surface area contributed by atoms with Crippen molar-refractivity contribution in [3.8, 4) is 0 Å². The van der Waals surface area contributed by atoms with E-state index in [1.807, 2.05) is 30.5 Å². The van der Waals surface area contributed by atoms with Crippen LogP contribution in [0.1, 0.15) is 26.3 Å². The minimum absolute atomic E-state index is 0. The van der Waals surface area contributed by atoms with E-state index in [4.69, 9.17) is 0 Å². The molecule has 0 saturated carbocycles. The summed E-state index contributed by atoms with van der Waals surface area (Å²) in [5.41, 5.74) is 2.37. The van der Waals surface area contributed by atoms with E-state index in [-0.39, 0.29) is 29.5 Å². The van der Waals surface area contributed by atoms with Crippen LogP contribution < -0.4 is 16.0 Å². The first kappa shape index (κ1) is 20.6. The van der Waals surface area contributed by atoms with Gasteiger partial charge in [-0.15, -0.1) is 24.0 Å². The molecule has 0 fully saturated rings. The number of pyridine rings is 1. The Morgan fingerprint density at radius 2 is 1.83 bits per heavy atom. The molecule has 0 saturated heterocycles. The number of nitrogens with one attached hydrogen (secondary N) is 3. The molecule has 0 amide bonds. The van der Waals surface area contributed by atoms with E-state index in [2.05, 4.69) is 52.8 Å². The Balaban J connectivity index is 0.00000288. The molecule has 0 aliphatic rings. The van der Waals surface area contributed by atoms with E-state index in [0.717, 1.165) is 31.1 Å². The lowest BCUT2D eigenvalue weighted by atomic mass is 10.1. The standard InChI is InChI=1S/C18H27N5.HI/c1-18(2,3)23-12-11-21-17(19-4)22-13-14-9-10-20-16-8-6-5-7-15(14)16;/h5-10,23H,11-13H2,1-4H3,(H2,19,21,22);1H. The number of para-hydroxylation sites is 1. The first-order chi connectivity index (χ1) is 11.0. The van der Waals surface area contributed by atoms with Crippen LogP contribution >= 0.6 is 24.0 Å². The van der Waals surface area contributed by atoms with Crippen molar-refractivity contribution in [2.24, 2.45) is 4.99 Å². The summed E-state index contributed by atoms with van der Waals surface area (Å²) in [6.07, 6.45) is 1.85. The molecule has 1 aromatic carbocycles. The predicted molar refractivity (Wildman–Crippen MR) is 113 cm³/mol. The summed E-state index contributed by atoms with van der Waals surface area (Å²) in [6, 6.07) is 10.2. The van der Waals surface area contributed by atoms with Gasteiger partial charge in [0.2, 0.25) is 0 Å². The molecule has 0 radical (unpaired) electrons. The molecule has 24 heavy (non-hydrogen) atoms. The van der Waals surface area contributed by atoms with Crippen molar-refractivity contribution < 1.29 is 0 Å². The van der Waals surface area contributed by atoms with Gasteiger partial charge in [0.1, 0.15) is 0 Å². The van der Waals surface area contributed by atoms with Gasteiger partial charge in [0.25, 0.3) is 0 Å². The molecule has 5 nitrogen and oxygen atoms in total. The molecule has 0 aliphatic carbocycles. The third-order valence-corrected chi connectivity index (χ3v) is 3.48. The third kappa shape index (κ3) is 6.60. The summed E-state index contributed by atoms with van der Waals surface area (Å²) < 4.78 is 0. The number of fused-ring (bicyclic) bond motifs is 1. The predicted octanol–water partition coefficient (Wildman–Crippen LogP) is 2.91. The quantitative estimate of drug-likeness (QED) is 0.289. The zero-order valence-electron chi connectivity index (χ0n) is 14.9. The largest absolute Gasteiger partial charge is 0.355 e. The zero-order chi connectivity index (χ0) is 16.7. The monoisotopic (exact) mass is 441 g/mol. The van der Waals surface area contributed by atoms with E-state index < -0.39 is 0 Å². The van der Waals surface area contributed by atoms with Gasteiger partial charge in [0.05, 0.1) is 5.52 Å². The van der Waals surface area contributed by atoms with Crippen molar-refractivity contribution in [1.82, 2.24) is 20.9 Å². The van der Waals surface area contributed by atoms with Gasteiger partial charge in [-0.3, -0.25) is 9.98 Å². The van der Waals surface area contributed by atoms with Crippen LogP contribution in [-0.4, -0.2) is 36.6 Å². The second-order valence-electron chi connectivity index (χ2n) is 6.52. The second kappa shape index (κ2) is 9.78. The average molecular weight is 441 g/mol. The molecule has 3 N–H and O–H groups in total. The Morgan fingerprint density at radius 3 is 2.54 bits per heavy atom. The summed E-state index contributed by atoms with van der Waals surface area (Å²) >= 11 is 0. The molecule has 2 aromatic rings. The number of benzene rings is 1. The molecule has 6 heteroatoms. The highest BCUT2D eigenvalue weighted by atomic mass is 127. The lowest BCUT2D eigenvalue weighted by Gasteiger charge is -2.21. The number of halogens is 1. The first-order valence-corrected chi connectivity index (χ1v) is 8.02. The number of aromatic nitrogens is 1. The van der Waals surface area contributed by atoms with Gasteiger partial charge >= 0.3 is 0 Å². The van der Waals surface area contributed by atoms with Crippen molar-refractivity contribution in [3.05, 3.63) is 42.1 Å². The Morgan fingerprint density at radius 1 is 1.08 bits per heavy atom. The minimum atomic E-state index is 0. The minimum Gasteiger partial charge on any atom is -0.355 e. The first-order valence-electron chi connectivity index (χ1n) is 8.02. The number of aliphatic imine (C=N–C) groups is 1. The van der Waals surface area contributed by atoms with Gasteiger partial charge in [-0.2, -0.15) is 0 Å². The van der Waals surface area contributed by atoms with Gasteiger partial charge in [-0.1, -0.05) is 18.2 Å². The normalized spacial score (nSPS) is 11.9. The fourth-order valence-corrected chi connectivity index (χ4v) is 2.33. The van der Waals surface area contributed by atoms with Gasteiger partial charge in [-0.05, 0) is 38.5 Å². The van der Waals surface area contributed by atoms with E-state index in [9.17, 15) is 0 Å². The number of guanidine groups is 1. The Hall–Kier alpha value is -1.41. The summed E-state index contributed by atoms with van der Waals surface area (Å²) in [6.45, 7) is 8.92. The fourth-order valence-electron chi connectivity index (χ4n) is 2.33. The zero-order valence-corrected chi connectivity index (χ0v) is 17.2. The Kier molecular flexibility index (Phi) is 8.41. The molecular formula is C18H28IN5. The van der Waals surface area contributed by atoms with E-state index in [1.54, 1.807) is 7.05 Å². The SMILES string of the molecule is CN=C(NCCNC(C)(C)C)NCc1ccnc2ccccc12.I. The number of hydrogen-bond acceptors (Lipinski definition) is 3. The van der Waals surface area contributed by atoms with Crippen molar-refractivity contribution in [3.63, 3.8) is 0 Å². The molecule has 1 heterocycles. The van der Waals surface area contributed by atoms with Crippen LogP contribution in [0.2, 0.25) is 0 Å². The number of rotatable bonds is 5. The lowest BCUT2D eigenvalue weighted by molar-refractivity contribution is 0.428. The molecule has 132 valence electrons. The smallest absolute Gasteiger partial charge is 0.191 e. The molecule has 0 spiro atoms. The fraction of sp³-hybridized carbons (Fsp3) is 0.444. The summed E-state index contributed by atoms with van der Waals surface area (Å²) in [7, 11) is 1.79. The maximum Gasteiger partial charge on any atom is 0.191 e. The van der Waals surface area contributed by atoms with Crippen LogP contribution in [0.15, 0.2) is 41.5 Å². The Labute approximate surface area is 161 Å². The van der Waals surface area contributed by atoms with Gasteiger partial charge in [0.15, 0.2) is 5.96 Å². The highest BCUT2D eigenvalue weighted by Gasteiger charge is 2.07. The summed E-state index contributed by atoms with van der Waals surface area (Å²) in [5.74, 6) is 0.807. The van der Waals surface area contributed by atoms with Crippen molar-refractivity contribution in [2.75, 3.05) is 20.1 Å². The summed E-state index contributed by atoms with van der Waals surface area (Å²) in [5, 5.41) is 11.3. The van der Waals surface area contributed by atoms with E-state index in [0.29, 0.717) is 0 Å². The topological polar surface area (TPSA) is 61.3 Å². The molecule has 0 aliphatic heterocycles. The maximum atomic E-state index is 4.39. The molecule has 0 atom stereocenters. The van der Waals surface area contributed by atoms with Crippen LogP contribution in [0.4, 0.5) is 0 Å². The van der Waals surface area contributed by atoms with Gasteiger partial charge in [-0.25, -0.2) is 0 Å². The van der Waals surface area contributed by atoms with Gasteiger partial charge in [0, 0.05) is 43.8 Å². The molecule has 2 rings (SSSR count). The van der Waals surface area contributed by atoms with Gasteiger partial charge < -0.3 is 16.0 Å². The Bertz CT molecular complexity index is 659. The molecular weight excluding hydrogens is 413 g/mol. The third-order valence-electron chi connectivity index (χ3n) is 3.48. The highest BCUT2D eigenvalue weighted by molar-refractivity contribution is 14.0. The molecule has 0 bridgehead atoms. The van der Waals surface area contributed by atoms with E-state index >= 15 is 0 Å². The average Bonchev–Trinajstić information content (AvgIpc) is 2.53. The molecule has 0 unspecified atom stereocenters. The summed E-state index contributed by atoms with van der Waals surface area (Å²) in [4.78, 5) is 8.66. The van der Waals surface area contributed by atoms with Crippen LogP contribution in [0, 0.1) is 0 Å².